The molecule has 2 heterocycles. The van der Waals surface area contributed by atoms with Gasteiger partial charge in [0.1, 0.15) is 0 Å². The molecule has 2 fully saturated rings. The van der Waals surface area contributed by atoms with Gasteiger partial charge in [-0.1, -0.05) is 13.8 Å². The second-order valence-corrected chi connectivity index (χ2v) is 8.79. The number of hydrogen-bond acceptors (Lipinski definition) is 4. The molecule has 0 aliphatic carbocycles. The third kappa shape index (κ3) is 7.81. The second-order valence-electron chi connectivity index (χ2n) is 7.44. The Hall–Kier alpha value is 0.270. The van der Waals surface area contributed by atoms with E-state index in [1.165, 1.54) is 5.75 Å². The fourth-order valence-electron chi connectivity index (χ4n) is 3.57. The third-order valence-corrected chi connectivity index (χ3v) is 6.32. The van der Waals surface area contributed by atoms with Gasteiger partial charge in [-0.3, -0.25) is 9.89 Å². The van der Waals surface area contributed by atoms with Crippen molar-refractivity contribution in [2.24, 2.45) is 10.9 Å². The van der Waals surface area contributed by atoms with Crippen molar-refractivity contribution in [3.05, 3.63) is 0 Å². The standard InChI is InChI=1S/C18H36N4OS.HI/c1-14(2)17-13-22(9-10-24-17)18(19-5)20-7-6-8-21-11-15(3)23-16(4)12-21;/h14-17H,6-13H2,1-5H3,(H,19,20);1H. The number of nitrogens with zero attached hydrogens (tertiary/aromatic N) is 3. The summed E-state index contributed by atoms with van der Waals surface area (Å²) in [7, 11) is 1.90. The zero-order valence-electron chi connectivity index (χ0n) is 16.5. The van der Waals surface area contributed by atoms with E-state index < -0.39 is 0 Å². The van der Waals surface area contributed by atoms with Gasteiger partial charge >= 0.3 is 0 Å². The van der Waals surface area contributed by atoms with E-state index in [4.69, 9.17) is 4.74 Å². The van der Waals surface area contributed by atoms with Gasteiger partial charge in [0.2, 0.25) is 0 Å². The van der Waals surface area contributed by atoms with Crippen LogP contribution in [0.15, 0.2) is 4.99 Å². The summed E-state index contributed by atoms with van der Waals surface area (Å²) in [5.41, 5.74) is 0. The Kier molecular flexibility index (Phi) is 11.1. The zero-order chi connectivity index (χ0) is 17.5. The summed E-state index contributed by atoms with van der Waals surface area (Å²) in [5.74, 6) is 3.00. The number of nitrogens with one attached hydrogen (secondary N) is 1. The number of guanidine groups is 1. The smallest absolute Gasteiger partial charge is 0.193 e. The number of morpholine rings is 1. The fourth-order valence-corrected chi connectivity index (χ4v) is 4.87. The highest BCUT2D eigenvalue weighted by Crippen LogP contribution is 2.24. The predicted octanol–water partition coefficient (Wildman–Crippen LogP) is 2.75. The lowest BCUT2D eigenvalue weighted by atomic mass is 10.1. The van der Waals surface area contributed by atoms with Gasteiger partial charge in [0, 0.05) is 57.3 Å². The molecule has 3 atom stereocenters. The molecule has 0 spiro atoms. The summed E-state index contributed by atoms with van der Waals surface area (Å²) in [5, 5.41) is 4.29. The van der Waals surface area contributed by atoms with Crippen molar-refractivity contribution < 1.29 is 4.74 Å². The molecular weight excluding hydrogens is 447 g/mol. The van der Waals surface area contributed by atoms with Crippen LogP contribution in [-0.2, 0) is 4.74 Å². The third-order valence-electron chi connectivity index (χ3n) is 4.78. The highest BCUT2D eigenvalue weighted by Gasteiger charge is 2.25. The largest absolute Gasteiger partial charge is 0.373 e. The van der Waals surface area contributed by atoms with Crippen molar-refractivity contribution in [3.63, 3.8) is 0 Å². The van der Waals surface area contributed by atoms with Gasteiger partial charge < -0.3 is 15.0 Å². The van der Waals surface area contributed by atoms with Gasteiger partial charge in [0.15, 0.2) is 5.96 Å². The van der Waals surface area contributed by atoms with E-state index in [2.05, 4.69) is 59.6 Å². The van der Waals surface area contributed by atoms with Crippen LogP contribution in [0.25, 0.3) is 0 Å². The summed E-state index contributed by atoms with van der Waals surface area (Å²) in [4.78, 5) is 9.46. The zero-order valence-corrected chi connectivity index (χ0v) is 19.7. The molecule has 3 unspecified atom stereocenters. The quantitative estimate of drug-likeness (QED) is 0.281. The van der Waals surface area contributed by atoms with E-state index in [9.17, 15) is 0 Å². The molecule has 2 aliphatic rings. The molecule has 0 aromatic carbocycles. The average Bonchev–Trinajstić information content (AvgIpc) is 2.54. The minimum atomic E-state index is 0. The van der Waals surface area contributed by atoms with E-state index in [0.717, 1.165) is 57.6 Å². The van der Waals surface area contributed by atoms with Crippen LogP contribution in [0.4, 0.5) is 0 Å². The van der Waals surface area contributed by atoms with Crippen molar-refractivity contribution in [3.8, 4) is 0 Å². The fraction of sp³-hybridized carbons (Fsp3) is 0.944. The first-order valence-corrected chi connectivity index (χ1v) is 10.5. The van der Waals surface area contributed by atoms with E-state index in [0.29, 0.717) is 17.5 Å². The lowest BCUT2D eigenvalue weighted by Gasteiger charge is -2.37. The first-order valence-electron chi connectivity index (χ1n) is 9.44. The molecule has 0 aromatic heterocycles. The Morgan fingerprint density at radius 1 is 1.24 bits per heavy atom. The molecule has 0 radical (unpaired) electrons. The van der Waals surface area contributed by atoms with Crippen LogP contribution < -0.4 is 5.32 Å². The predicted molar refractivity (Wildman–Crippen MR) is 120 cm³/mol. The normalized spacial score (nSPS) is 28.8. The summed E-state index contributed by atoms with van der Waals surface area (Å²) in [6.07, 6.45) is 1.86. The molecule has 2 rings (SSSR count). The van der Waals surface area contributed by atoms with E-state index >= 15 is 0 Å². The average molecular weight is 484 g/mol. The van der Waals surface area contributed by atoms with Gasteiger partial charge in [-0.15, -0.1) is 24.0 Å². The number of thioether (sulfide) groups is 1. The summed E-state index contributed by atoms with van der Waals surface area (Å²) in [6, 6.07) is 0. The van der Waals surface area contributed by atoms with Gasteiger partial charge in [0.05, 0.1) is 12.2 Å². The molecule has 0 bridgehead atoms. The van der Waals surface area contributed by atoms with Gasteiger partial charge in [0.25, 0.3) is 0 Å². The highest BCUT2D eigenvalue weighted by molar-refractivity contribution is 14.0. The highest BCUT2D eigenvalue weighted by atomic mass is 127. The van der Waals surface area contributed by atoms with Crippen molar-refractivity contribution in [1.82, 2.24) is 15.1 Å². The van der Waals surface area contributed by atoms with Crippen molar-refractivity contribution in [2.45, 2.75) is 51.6 Å². The Balaban J connectivity index is 0.00000312. The maximum atomic E-state index is 5.80. The van der Waals surface area contributed by atoms with Crippen molar-refractivity contribution in [2.75, 3.05) is 52.1 Å². The molecule has 7 heteroatoms. The van der Waals surface area contributed by atoms with Crippen LogP contribution >= 0.6 is 35.7 Å². The Labute approximate surface area is 175 Å². The monoisotopic (exact) mass is 484 g/mol. The van der Waals surface area contributed by atoms with Crippen LogP contribution in [-0.4, -0.2) is 85.3 Å². The minimum Gasteiger partial charge on any atom is -0.373 e. The van der Waals surface area contributed by atoms with Crippen LogP contribution in [0.2, 0.25) is 0 Å². The van der Waals surface area contributed by atoms with Gasteiger partial charge in [-0.25, -0.2) is 0 Å². The second kappa shape index (κ2) is 11.9. The van der Waals surface area contributed by atoms with E-state index in [1.807, 2.05) is 7.05 Å². The molecule has 1 N–H and O–H groups in total. The van der Waals surface area contributed by atoms with Crippen molar-refractivity contribution >= 4 is 41.7 Å². The molecule has 2 aliphatic heterocycles. The molecule has 0 saturated carbocycles. The van der Waals surface area contributed by atoms with Crippen LogP contribution in [0, 0.1) is 5.92 Å². The summed E-state index contributed by atoms with van der Waals surface area (Å²) in [6.45, 7) is 15.4. The maximum absolute atomic E-state index is 5.80. The molecule has 5 nitrogen and oxygen atoms in total. The first kappa shape index (κ1) is 23.3. The van der Waals surface area contributed by atoms with Crippen molar-refractivity contribution in [1.29, 1.82) is 0 Å². The topological polar surface area (TPSA) is 40.1 Å². The molecule has 0 aromatic rings. The molecule has 2 saturated heterocycles. The van der Waals surface area contributed by atoms with Gasteiger partial charge in [-0.2, -0.15) is 11.8 Å². The first-order chi connectivity index (χ1) is 11.5. The SMILES string of the molecule is CN=C(NCCCN1CC(C)OC(C)C1)N1CCSC(C(C)C)C1.I. The Bertz CT molecular complexity index is 401. The Morgan fingerprint density at radius 2 is 1.92 bits per heavy atom. The molecule has 25 heavy (non-hydrogen) atoms. The van der Waals surface area contributed by atoms with Gasteiger partial charge in [-0.05, 0) is 26.2 Å². The molecule has 0 amide bonds. The minimum absolute atomic E-state index is 0. The summed E-state index contributed by atoms with van der Waals surface area (Å²) < 4.78 is 5.80. The maximum Gasteiger partial charge on any atom is 0.193 e. The number of halogens is 1. The molecule has 148 valence electrons. The Morgan fingerprint density at radius 3 is 2.52 bits per heavy atom. The number of ether oxygens (including phenoxy) is 1. The van der Waals surface area contributed by atoms with E-state index in [-0.39, 0.29) is 24.0 Å². The van der Waals surface area contributed by atoms with E-state index in [1.54, 1.807) is 0 Å². The molecular formula is C18H37IN4OS. The van der Waals surface area contributed by atoms with Crippen LogP contribution in [0.5, 0.6) is 0 Å². The number of aliphatic imine (C=N–C) groups is 1. The lowest BCUT2D eigenvalue weighted by molar-refractivity contribution is -0.0679. The van der Waals surface area contributed by atoms with Crippen LogP contribution in [0.1, 0.15) is 34.1 Å². The number of hydrogen-bond donors (Lipinski definition) is 1. The van der Waals surface area contributed by atoms with Crippen LogP contribution in [0.3, 0.4) is 0 Å². The lowest BCUT2D eigenvalue weighted by Crippen LogP contribution is -2.49. The number of rotatable bonds is 5. The summed E-state index contributed by atoms with van der Waals surface area (Å²) >= 11 is 2.11.